The maximum atomic E-state index is 12.7. The summed E-state index contributed by atoms with van der Waals surface area (Å²) in [5.41, 5.74) is 1.54. The van der Waals surface area contributed by atoms with E-state index >= 15 is 0 Å². The van der Waals surface area contributed by atoms with E-state index in [0.29, 0.717) is 28.5 Å². The lowest BCUT2D eigenvalue weighted by Gasteiger charge is -2.37. The Morgan fingerprint density at radius 2 is 2.15 bits per heavy atom. The molecular weight excluding hydrogens is 358 g/mol. The number of nitro groups is 1. The molecule has 1 aromatic rings. The van der Waals surface area contributed by atoms with Crippen LogP contribution in [-0.2, 0) is 14.3 Å². The van der Waals surface area contributed by atoms with Gasteiger partial charge in [0.1, 0.15) is 6.61 Å². The van der Waals surface area contributed by atoms with Crippen LogP contribution < -0.4 is 5.32 Å². The molecule has 0 fully saturated rings. The van der Waals surface area contributed by atoms with E-state index in [0.717, 1.165) is 0 Å². The van der Waals surface area contributed by atoms with Crippen molar-refractivity contribution in [1.82, 2.24) is 10.2 Å². The number of rotatable bonds is 7. The highest BCUT2D eigenvalue weighted by molar-refractivity contribution is 7.80. The number of esters is 1. The lowest BCUT2D eigenvalue weighted by Crippen LogP contribution is -2.47. The molecular formula is C17H21N3O5S. The number of hydrogen-bond donors (Lipinski definition) is 1. The number of nitrogens with zero attached hydrogens (tertiary/aromatic N) is 2. The number of nitrogens with one attached hydrogen (secondary N) is 1. The van der Waals surface area contributed by atoms with Gasteiger partial charge in [0.05, 0.1) is 23.1 Å². The van der Waals surface area contributed by atoms with Crippen LogP contribution in [0.4, 0.5) is 5.69 Å². The minimum Gasteiger partial charge on any atom is -0.460 e. The van der Waals surface area contributed by atoms with E-state index in [1.807, 2.05) is 6.92 Å². The molecule has 0 saturated carbocycles. The molecule has 0 bridgehead atoms. The summed E-state index contributed by atoms with van der Waals surface area (Å²) < 4.78 is 10.2. The lowest BCUT2D eigenvalue weighted by atomic mass is 9.94. The van der Waals surface area contributed by atoms with Gasteiger partial charge < -0.3 is 19.7 Å². The molecule has 140 valence electrons. The number of allylic oxidation sites excluding steroid dienone is 1. The normalized spacial score (nSPS) is 17.1. The Balaban J connectivity index is 2.46. The second-order valence-corrected chi connectivity index (χ2v) is 5.99. The monoisotopic (exact) mass is 379 g/mol. The maximum Gasteiger partial charge on any atom is 0.338 e. The molecule has 0 saturated heterocycles. The quantitative estimate of drug-likeness (QED) is 0.254. The van der Waals surface area contributed by atoms with Gasteiger partial charge in [0.25, 0.3) is 5.69 Å². The van der Waals surface area contributed by atoms with Crippen LogP contribution >= 0.6 is 12.2 Å². The van der Waals surface area contributed by atoms with E-state index in [9.17, 15) is 14.9 Å². The van der Waals surface area contributed by atoms with E-state index in [-0.39, 0.29) is 18.9 Å². The van der Waals surface area contributed by atoms with Crippen LogP contribution in [0.25, 0.3) is 0 Å². The molecule has 8 nitrogen and oxygen atoms in total. The Morgan fingerprint density at radius 1 is 1.42 bits per heavy atom. The van der Waals surface area contributed by atoms with E-state index in [1.165, 1.54) is 19.2 Å². The van der Waals surface area contributed by atoms with Crippen molar-refractivity contribution >= 4 is 29.0 Å². The smallest absolute Gasteiger partial charge is 0.338 e. The SMILES string of the molecule is CCN1C(=S)N[C@@H](c2cccc([N+](=O)[O-])c2)C(C(=O)OCCOC)=C1C. The zero-order valence-corrected chi connectivity index (χ0v) is 15.7. The molecule has 1 aromatic carbocycles. The number of carbonyl (C=O) groups is 1. The zero-order valence-electron chi connectivity index (χ0n) is 14.9. The second kappa shape index (κ2) is 8.72. The summed E-state index contributed by atoms with van der Waals surface area (Å²) in [5.74, 6) is -0.510. The fourth-order valence-electron chi connectivity index (χ4n) is 2.79. The Morgan fingerprint density at radius 3 is 2.77 bits per heavy atom. The molecule has 26 heavy (non-hydrogen) atoms. The minimum absolute atomic E-state index is 0.0575. The summed E-state index contributed by atoms with van der Waals surface area (Å²) in [6.07, 6.45) is 0. The summed E-state index contributed by atoms with van der Waals surface area (Å²) in [6, 6.07) is 5.49. The largest absolute Gasteiger partial charge is 0.460 e. The number of hydrogen-bond acceptors (Lipinski definition) is 6. The molecule has 0 aromatic heterocycles. The van der Waals surface area contributed by atoms with Crippen molar-refractivity contribution in [2.45, 2.75) is 19.9 Å². The van der Waals surface area contributed by atoms with E-state index in [2.05, 4.69) is 5.32 Å². The van der Waals surface area contributed by atoms with Gasteiger partial charge in [-0.3, -0.25) is 10.1 Å². The van der Waals surface area contributed by atoms with Crippen LogP contribution in [0.5, 0.6) is 0 Å². The average molecular weight is 379 g/mol. The Hall–Kier alpha value is -2.52. The summed E-state index contributed by atoms with van der Waals surface area (Å²) in [5, 5.41) is 14.6. The fraction of sp³-hybridized carbons (Fsp3) is 0.412. The number of carbonyl (C=O) groups excluding carboxylic acids is 1. The molecule has 2 rings (SSSR count). The Bertz CT molecular complexity index is 750. The van der Waals surface area contributed by atoms with Crippen molar-refractivity contribution in [3.05, 3.63) is 51.2 Å². The van der Waals surface area contributed by atoms with Crippen molar-refractivity contribution in [1.29, 1.82) is 0 Å². The molecule has 0 spiro atoms. The third-order valence-corrected chi connectivity index (χ3v) is 4.41. The molecule has 1 N–H and O–H groups in total. The molecule has 1 heterocycles. The first kappa shape index (κ1) is 19.8. The summed E-state index contributed by atoms with van der Waals surface area (Å²) >= 11 is 5.39. The molecule has 0 unspecified atom stereocenters. The lowest BCUT2D eigenvalue weighted by molar-refractivity contribution is -0.384. The predicted octanol–water partition coefficient (Wildman–Crippen LogP) is 2.31. The first-order valence-electron chi connectivity index (χ1n) is 8.09. The Labute approximate surface area is 156 Å². The van der Waals surface area contributed by atoms with Crippen LogP contribution in [0.15, 0.2) is 35.5 Å². The van der Waals surface area contributed by atoms with Crippen LogP contribution in [0.3, 0.4) is 0 Å². The van der Waals surface area contributed by atoms with Gasteiger partial charge in [-0.2, -0.15) is 0 Å². The van der Waals surface area contributed by atoms with Crippen LogP contribution in [-0.4, -0.2) is 47.8 Å². The van der Waals surface area contributed by atoms with Crippen LogP contribution in [0.2, 0.25) is 0 Å². The second-order valence-electron chi connectivity index (χ2n) is 5.61. The molecule has 0 amide bonds. The molecule has 1 atom stereocenters. The van der Waals surface area contributed by atoms with Gasteiger partial charge in [-0.1, -0.05) is 12.1 Å². The molecule has 1 aliphatic heterocycles. The van der Waals surface area contributed by atoms with Crippen molar-refractivity contribution in [3.8, 4) is 0 Å². The highest BCUT2D eigenvalue weighted by Crippen LogP contribution is 2.32. The Kier molecular flexibility index (Phi) is 6.64. The first-order chi connectivity index (χ1) is 12.4. The maximum absolute atomic E-state index is 12.7. The number of benzene rings is 1. The van der Waals surface area contributed by atoms with Crippen LogP contribution in [0.1, 0.15) is 25.5 Å². The van der Waals surface area contributed by atoms with E-state index < -0.39 is 16.9 Å². The fourth-order valence-corrected chi connectivity index (χ4v) is 3.17. The van der Waals surface area contributed by atoms with Gasteiger partial charge >= 0.3 is 5.97 Å². The summed E-state index contributed by atoms with van der Waals surface area (Å²) in [6.45, 7) is 4.67. The number of nitro benzene ring substituents is 1. The van der Waals surface area contributed by atoms with E-state index in [4.69, 9.17) is 21.7 Å². The number of thiocarbonyl (C=S) groups is 1. The van der Waals surface area contributed by atoms with Gasteiger partial charge in [0, 0.05) is 31.5 Å². The number of ether oxygens (including phenoxy) is 2. The molecule has 0 aliphatic carbocycles. The van der Waals surface area contributed by atoms with Crippen molar-refractivity contribution in [2.75, 3.05) is 26.9 Å². The molecule has 0 radical (unpaired) electrons. The number of methoxy groups -OCH3 is 1. The van der Waals surface area contributed by atoms with Gasteiger partial charge in [-0.05, 0) is 31.6 Å². The summed E-state index contributed by atoms with van der Waals surface area (Å²) in [4.78, 5) is 25.1. The summed E-state index contributed by atoms with van der Waals surface area (Å²) in [7, 11) is 1.52. The van der Waals surface area contributed by atoms with E-state index in [1.54, 1.807) is 24.0 Å². The van der Waals surface area contributed by atoms with Crippen molar-refractivity contribution in [3.63, 3.8) is 0 Å². The van der Waals surface area contributed by atoms with Gasteiger partial charge in [-0.15, -0.1) is 0 Å². The van der Waals surface area contributed by atoms with Gasteiger partial charge in [-0.25, -0.2) is 4.79 Å². The molecule has 9 heteroatoms. The van der Waals surface area contributed by atoms with Gasteiger partial charge in [0.15, 0.2) is 5.11 Å². The minimum atomic E-state index is -0.625. The highest BCUT2D eigenvalue weighted by Gasteiger charge is 2.34. The average Bonchev–Trinajstić information content (AvgIpc) is 2.61. The number of non-ortho nitro benzene ring substituents is 1. The topological polar surface area (TPSA) is 93.9 Å². The predicted molar refractivity (Wildman–Crippen MR) is 99.5 cm³/mol. The third kappa shape index (κ3) is 4.17. The standard InChI is InChI=1S/C17H21N3O5S/c1-4-19-11(2)14(16(21)25-9-8-24-3)15(18-17(19)26)12-6-5-7-13(10-12)20(22)23/h5-7,10,15H,4,8-9H2,1-3H3,(H,18,26)/t15-/m0/s1. The zero-order chi connectivity index (χ0) is 19.3. The van der Waals surface area contributed by atoms with Crippen molar-refractivity contribution < 1.29 is 19.2 Å². The van der Waals surface area contributed by atoms with Crippen LogP contribution in [0, 0.1) is 10.1 Å². The highest BCUT2D eigenvalue weighted by atomic mass is 32.1. The van der Waals surface area contributed by atoms with Crippen molar-refractivity contribution in [2.24, 2.45) is 0 Å². The third-order valence-electron chi connectivity index (χ3n) is 4.07. The molecule has 1 aliphatic rings. The van der Waals surface area contributed by atoms with Gasteiger partial charge in [0.2, 0.25) is 0 Å². The first-order valence-corrected chi connectivity index (χ1v) is 8.50.